The fraction of sp³-hybridized carbons (Fsp3) is 0.750. The summed E-state index contributed by atoms with van der Waals surface area (Å²) in [7, 11) is 0. The molecule has 0 heterocycles. The number of allylic oxidation sites excluding steroid dienone is 2. The second-order valence-electron chi connectivity index (χ2n) is 2.80. The molecule has 0 spiro atoms. The predicted octanol–water partition coefficient (Wildman–Crippen LogP) is 3.41. The van der Waals surface area contributed by atoms with Crippen molar-refractivity contribution in [1.29, 1.82) is 0 Å². The molecule has 10 heavy (non-hydrogen) atoms. The molecule has 0 amide bonds. The van der Waals surface area contributed by atoms with Gasteiger partial charge >= 0.3 is 0 Å². The first kappa shape index (κ1) is 8.06. The Bertz CT molecular complexity index is 151. The molecule has 1 unspecified atom stereocenters. The van der Waals surface area contributed by atoms with Crippen LogP contribution in [0.2, 0.25) is 0 Å². The Hall–Kier alpha value is -0.0400. The van der Waals surface area contributed by atoms with Crippen LogP contribution >= 0.6 is 11.6 Å². The number of hydrogen-bond acceptors (Lipinski definition) is 0. The fourth-order valence-corrected chi connectivity index (χ4v) is 1.46. The predicted molar refractivity (Wildman–Crippen MR) is 41.9 cm³/mol. The molecule has 1 aliphatic rings. The lowest BCUT2D eigenvalue weighted by Gasteiger charge is -2.05. The maximum atomic E-state index is 12.9. The molecule has 2 heteroatoms. The Kier molecular flexibility index (Phi) is 2.72. The molecule has 1 atom stereocenters. The minimum atomic E-state index is -0.0532. The van der Waals surface area contributed by atoms with E-state index < -0.39 is 0 Å². The Morgan fingerprint density at radius 1 is 1.50 bits per heavy atom. The molecule has 0 fully saturated rings. The van der Waals surface area contributed by atoms with E-state index in [9.17, 15) is 4.39 Å². The Labute approximate surface area is 66.1 Å². The zero-order chi connectivity index (χ0) is 7.56. The van der Waals surface area contributed by atoms with Crippen molar-refractivity contribution in [1.82, 2.24) is 0 Å². The maximum Gasteiger partial charge on any atom is 0.100 e. The van der Waals surface area contributed by atoms with Crippen molar-refractivity contribution in [2.24, 2.45) is 0 Å². The van der Waals surface area contributed by atoms with Crippen molar-refractivity contribution in [3.8, 4) is 0 Å². The van der Waals surface area contributed by atoms with Gasteiger partial charge in [-0.25, -0.2) is 4.39 Å². The highest BCUT2D eigenvalue weighted by molar-refractivity contribution is 6.22. The van der Waals surface area contributed by atoms with E-state index in [-0.39, 0.29) is 11.2 Å². The van der Waals surface area contributed by atoms with Crippen LogP contribution in [0.15, 0.2) is 11.4 Å². The van der Waals surface area contributed by atoms with E-state index in [1.54, 1.807) is 6.92 Å². The SMILES string of the molecule is CC1=C(F)CCCCC1Cl. The molecule has 0 aromatic heterocycles. The highest BCUT2D eigenvalue weighted by Gasteiger charge is 2.15. The maximum absolute atomic E-state index is 12.9. The van der Waals surface area contributed by atoms with E-state index in [1.807, 2.05) is 0 Å². The highest BCUT2D eigenvalue weighted by atomic mass is 35.5. The van der Waals surface area contributed by atoms with E-state index in [4.69, 9.17) is 11.6 Å². The fourth-order valence-electron chi connectivity index (χ4n) is 1.19. The van der Waals surface area contributed by atoms with Crippen LogP contribution in [0.5, 0.6) is 0 Å². The van der Waals surface area contributed by atoms with Crippen molar-refractivity contribution >= 4 is 11.6 Å². The van der Waals surface area contributed by atoms with Crippen LogP contribution < -0.4 is 0 Å². The van der Waals surface area contributed by atoms with Gasteiger partial charge in [0.15, 0.2) is 0 Å². The van der Waals surface area contributed by atoms with Crippen molar-refractivity contribution in [2.75, 3.05) is 0 Å². The van der Waals surface area contributed by atoms with Gasteiger partial charge in [0.25, 0.3) is 0 Å². The summed E-state index contributed by atoms with van der Waals surface area (Å²) < 4.78 is 12.9. The standard InChI is InChI=1S/C8H12ClF/c1-6-7(9)4-2-3-5-8(6)10/h7H,2-5H2,1H3. The van der Waals surface area contributed by atoms with Gasteiger partial charge in [-0.3, -0.25) is 0 Å². The average Bonchev–Trinajstić information content (AvgIpc) is 2.04. The molecular weight excluding hydrogens is 151 g/mol. The van der Waals surface area contributed by atoms with E-state index in [1.165, 1.54) is 0 Å². The van der Waals surface area contributed by atoms with Gasteiger partial charge in [-0.05, 0) is 31.8 Å². The Morgan fingerprint density at radius 2 is 2.20 bits per heavy atom. The molecule has 0 N–H and O–H groups in total. The van der Waals surface area contributed by atoms with Gasteiger partial charge in [-0.2, -0.15) is 0 Å². The lowest BCUT2D eigenvalue weighted by molar-refractivity contribution is 0.568. The quantitative estimate of drug-likeness (QED) is 0.479. The van der Waals surface area contributed by atoms with E-state index in [0.29, 0.717) is 6.42 Å². The van der Waals surface area contributed by atoms with Crippen molar-refractivity contribution in [2.45, 2.75) is 38.0 Å². The van der Waals surface area contributed by atoms with Crippen LogP contribution in [0.4, 0.5) is 4.39 Å². The average molecular weight is 163 g/mol. The monoisotopic (exact) mass is 162 g/mol. The van der Waals surface area contributed by atoms with Gasteiger partial charge in [-0.15, -0.1) is 11.6 Å². The number of alkyl halides is 1. The van der Waals surface area contributed by atoms with Crippen LogP contribution in [0.3, 0.4) is 0 Å². The third-order valence-electron chi connectivity index (χ3n) is 2.00. The minimum Gasteiger partial charge on any atom is -0.212 e. The first-order valence-corrected chi connectivity index (χ1v) is 4.14. The van der Waals surface area contributed by atoms with Gasteiger partial charge in [0, 0.05) is 0 Å². The normalized spacial score (nSPS) is 28.5. The summed E-state index contributed by atoms with van der Waals surface area (Å²) in [4.78, 5) is 0. The van der Waals surface area contributed by atoms with E-state index in [0.717, 1.165) is 24.8 Å². The molecule has 0 aromatic rings. The van der Waals surface area contributed by atoms with Crippen molar-refractivity contribution in [3.63, 3.8) is 0 Å². The summed E-state index contributed by atoms with van der Waals surface area (Å²) in [5.41, 5.74) is 0.749. The van der Waals surface area contributed by atoms with Crippen LogP contribution in [-0.4, -0.2) is 5.38 Å². The summed E-state index contributed by atoms with van der Waals surface area (Å²) in [6.45, 7) is 1.79. The summed E-state index contributed by atoms with van der Waals surface area (Å²) in [6, 6.07) is 0. The molecule has 0 nitrogen and oxygen atoms in total. The van der Waals surface area contributed by atoms with E-state index >= 15 is 0 Å². The molecule has 0 saturated heterocycles. The lowest BCUT2D eigenvalue weighted by atomic mass is 10.1. The van der Waals surface area contributed by atoms with Crippen molar-refractivity contribution < 1.29 is 4.39 Å². The Morgan fingerprint density at radius 3 is 2.90 bits per heavy atom. The summed E-state index contributed by atoms with van der Waals surface area (Å²) >= 11 is 5.87. The molecule has 0 radical (unpaired) electrons. The highest BCUT2D eigenvalue weighted by Crippen LogP contribution is 2.27. The summed E-state index contributed by atoms with van der Waals surface area (Å²) in [5, 5.41) is -0.0532. The Balaban J connectivity index is 2.69. The largest absolute Gasteiger partial charge is 0.212 e. The van der Waals surface area contributed by atoms with Gasteiger partial charge in [0.2, 0.25) is 0 Å². The van der Waals surface area contributed by atoms with Gasteiger partial charge in [-0.1, -0.05) is 6.42 Å². The minimum absolute atomic E-state index is 0.0116. The van der Waals surface area contributed by atoms with Gasteiger partial charge in [0.1, 0.15) is 5.83 Å². The smallest absolute Gasteiger partial charge is 0.100 e. The molecule has 0 aromatic carbocycles. The second kappa shape index (κ2) is 3.38. The van der Waals surface area contributed by atoms with Gasteiger partial charge < -0.3 is 0 Å². The molecule has 1 aliphatic carbocycles. The molecular formula is C8H12ClF. The molecule has 0 aliphatic heterocycles. The summed E-state index contributed by atoms with van der Waals surface area (Å²) in [5.74, 6) is 0.0116. The van der Waals surface area contributed by atoms with Crippen LogP contribution in [0.1, 0.15) is 32.6 Å². The topological polar surface area (TPSA) is 0 Å². The van der Waals surface area contributed by atoms with Crippen molar-refractivity contribution in [3.05, 3.63) is 11.4 Å². The molecule has 1 rings (SSSR count). The number of rotatable bonds is 0. The lowest BCUT2D eigenvalue weighted by Crippen LogP contribution is -1.98. The second-order valence-corrected chi connectivity index (χ2v) is 3.33. The number of hydrogen-bond donors (Lipinski definition) is 0. The van der Waals surface area contributed by atoms with Gasteiger partial charge in [0.05, 0.1) is 5.38 Å². The molecule has 58 valence electrons. The molecule has 0 saturated carbocycles. The zero-order valence-electron chi connectivity index (χ0n) is 6.16. The first-order chi connectivity index (χ1) is 4.72. The first-order valence-electron chi connectivity index (χ1n) is 3.71. The van der Waals surface area contributed by atoms with Crippen LogP contribution in [-0.2, 0) is 0 Å². The third kappa shape index (κ3) is 1.72. The van der Waals surface area contributed by atoms with Crippen LogP contribution in [0, 0.1) is 0 Å². The van der Waals surface area contributed by atoms with E-state index in [2.05, 4.69) is 0 Å². The summed E-state index contributed by atoms with van der Waals surface area (Å²) in [6.07, 6.45) is 3.53. The zero-order valence-corrected chi connectivity index (χ0v) is 6.92. The van der Waals surface area contributed by atoms with Crippen LogP contribution in [0.25, 0.3) is 0 Å². The molecule has 0 bridgehead atoms. The number of halogens is 2. The third-order valence-corrected chi connectivity index (χ3v) is 2.55.